The van der Waals surface area contributed by atoms with E-state index in [0.717, 1.165) is 36.3 Å². The normalized spacial score (nSPS) is 11.1. The molecule has 2 heterocycles. The highest BCUT2D eigenvalue weighted by atomic mass is 16.3. The number of hydrogen-bond donors (Lipinski definition) is 2. The molecule has 0 spiro atoms. The Kier molecular flexibility index (Phi) is 5.71. The smallest absolute Gasteiger partial charge is 0.0710 e. The first-order chi connectivity index (χ1) is 11.9. The van der Waals surface area contributed by atoms with Gasteiger partial charge in [-0.3, -0.25) is 15.0 Å². The van der Waals surface area contributed by atoms with Crippen molar-refractivity contribution in [1.29, 1.82) is 0 Å². The minimum absolute atomic E-state index is 0.148. The standard InChI is InChI=1S/C19H22N4O/c24-12-11-23(10-8-16-5-2-1-3-6-16)15-18-14-21-22-19(18)17-7-4-9-20-13-17/h1-7,9,13-14,24H,8,10-12,15H2,(H,21,22). The zero-order valence-corrected chi connectivity index (χ0v) is 13.6. The number of benzene rings is 1. The number of aliphatic hydroxyl groups excluding tert-OH is 1. The fraction of sp³-hybridized carbons (Fsp3) is 0.263. The van der Waals surface area contributed by atoms with Gasteiger partial charge in [-0.1, -0.05) is 30.3 Å². The quantitative estimate of drug-likeness (QED) is 0.669. The zero-order valence-electron chi connectivity index (χ0n) is 13.6. The summed E-state index contributed by atoms with van der Waals surface area (Å²) in [5.41, 5.74) is 4.44. The topological polar surface area (TPSA) is 65.0 Å². The van der Waals surface area contributed by atoms with Gasteiger partial charge in [0.25, 0.3) is 0 Å². The molecular weight excluding hydrogens is 300 g/mol. The van der Waals surface area contributed by atoms with Gasteiger partial charge in [0.15, 0.2) is 0 Å². The molecular formula is C19H22N4O. The van der Waals surface area contributed by atoms with Crippen LogP contribution in [0.25, 0.3) is 11.3 Å². The van der Waals surface area contributed by atoms with Gasteiger partial charge in [-0.05, 0) is 24.1 Å². The van der Waals surface area contributed by atoms with Gasteiger partial charge in [0, 0.05) is 43.2 Å². The van der Waals surface area contributed by atoms with E-state index in [1.54, 1.807) is 6.20 Å². The third-order valence-corrected chi connectivity index (χ3v) is 4.04. The van der Waals surface area contributed by atoms with Crippen molar-refractivity contribution in [2.45, 2.75) is 13.0 Å². The molecule has 124 valence electrons. The Balaban J connectivity index is 1.69. The van der Waals surface area contributed by atoms with Gasteiger partial charge in [0.05, 0.1) is 18.5 Å². The van der Waals surface area contributed by atoms with Gasteiger partial charge in [-0.15, -0.1) is 0 Å². The third kappa shape index (κ3) is 4.28. The average Bonchev–Trinajstić information content (AvgIpc) is 3.10. The number of aliphatic hydroxyl groups is 1. The van der Waals surface area contributed by atoms with Crippen molar-refractivity contribution in [3.63, 3.8) is 0 Å². The van der Waals surface area contributed by atoms with Crippen molar-refractivity contribution in [3.8, 4) is 11.3 Å². The summed E-state index contributed by atoms with van der Waals surface area (Å²) in [6.45, 7) is 2.43. The maximum atomic E-state index is 9.37. The monoisotopic (exact) mass is 322 g/mol. The highest BCUT2D eigenvalue weighted by Gasteiger charge is 2.12. The minimum Gasteiger partial charge on any atom is -0.395 e. The molecule has 3 aromatic rings. The van der Waals surface area contributed by atoms with Gasteiger partial charge in [-0.25, -0.2) is 0 Å². The molecule has 3 rings (SSSR count). The highest BCUT2D eigenvalue weighted by molar-refractivity contribution is 5.61. The molecule has 5 heteroatoms. The Bertz CT molecular complexity index is 727. The SMILES string of the molecule is OCCN(CCc1ccccc1)Cc1cn[nH]c1-c1cccnc1. The Hall–Kier alpha value is -2.50. The van der Waals surface area contributed by atoms with Crippen molar-refractivity contribution in [1.82, 2.24) is 20.1 Å². The molecule has 0 aliphatic heterocycles. The molecule has 0 bridgehead atoms. The molecule has 0 amide bonds. The lowest BCUT2D eigenvalue weighted by Crippen LogP contribution is -2.28. The number of aromatic amines is 1. The molecule has 0 fully saturated rings. The van der Waals surface area contributed by atoms with E-state index in [4.69, 9.17) is 0 Å². The molecule has 0 saturated carbocycles. The lowest BCUT2D eigenvalue weighted by Gasteiger charge is -2.21. The van der Waals surface area contributed by atoms with Crippen LogP contribution in [0.15, 0.2) is 61.1 Å². The number of rotatable bonds is 8. The molecule has 0 saturated heterocycles. The summed E-state index contributed by atoms with van der Waals surface area (Å²) in [7, 11) is 0. The molecule has 2 N–H and O–H groups in total. The first kappa shape index (κ1) is 16.4. The van der Waals surface area contributed by atoms with E-state index in [0.29, 0.717) is 6.54 Å². The Morgan fingerprint density at radius 1 is 1.00 bits per heavy atom. The average molecular weight is 322 g/mol. The number of hydrogen-bond acceptors (Lipinski definition) is 4. The van der Waals surface area contributed by atoms with Crippen LogP contribution >= 0.6 is 0 Å². The second-order valence-electron chi connectivity index (χ2n) is 5.75. The molecule has 24 heavy (non-hydrogen) atoms. The van der Waals surface area contributed by atoms with E-state index >= 15 is 0 Å². The Labute approximate surface area is 142 Å². The fourth-order valence-corrected chi connectivity index (χ4v) is 2.78. The van der Waals surface area contributed by atoms with Gasteiger partial charge in [0.1, 0.15) is 0 Å². The van der Waals surface area contributed by atoms with E-state index in [9.17, 15) is 5.11 Å². The largest absolute Gasteiger partial charge is 0.395 e. The Morgan fingerprint density at radius 2 is 1.88 bits per heavy atom. The maximum absolute atomic E-state index is 9.37. The molecule has 1 aromatic carbocycles. The number of nitrogens with zero attached hydrogens (tertiary/aromatic N) is 3. The summed E-state index contributed by atoms with van der Waals surface area (Å²) >= 11 is 0. The summed E-state index contributed by atoms with van der Waals surface area (Å²) in [6.07, 6.45) is 6.41. The summed E-state index contributed by atoms with van der Waals surface area (Å²) < 4.78 is 0. The first-order valence-corrected chi connectivity index (χ1v) is 8.16. The lowest BCUT2D eigenvalue weighted by atomic mass is 10.1. The van der Waals surface area contributed by atoms with Crippen LogP contribution in [0.4, 0.5) is 0 Å². The number of pyridine rings is 1. The fourth-order valence-electron chi connectivity index (χ4n) is 2.78. The second-order valence-corrected chi connectivity index (χ2v) is 5.75. The van der Waals surface area contributed by atoms with Gasteiger partial charge >= 0.3 is 0 Å². The van der Waals surface area contributed by atoms with Crippen molar-refractivity contribution < 1.29 is 5.11 Å². The van der Waals surface area contributed by atoms with Crippen LogP contribution in [0, 0.1) is 0 Å². The zero-order chi connectivity index (χ0) is 16.6. The molecule has 0 radical (unpaired) electrons. The number of H-pyrrole nitrogens is 1. The summed E-state index contributed by atoms with van der Waals surface area (Å²) in [5.74, 6) is 0. The third-order valence-electron chi connectivity index (χ3n) is 4.04. The van der Waals surface area contributed by atoms with Gasteiger partial charge in [0.2, 0.25) is 0 Å². The second kappa shape index (κ2) is 8.38. The van der Waals surface area contributed by atoms with Crippen LogP contribution in [0.5, 0.6) is 0 Å². The van der Waals surface area contributed by atoms with Gasteiger partial charge in [-0.2, -0.15) is 5.10 Å². The van der Waals surface area contributed by atoms with Crippen molar-refractivity contribution >= 4 is 0 Å². The van der Waals surface area contributed by atoms with E-state index in [-0.39, 0.29) is 6.61 Å². The highest BCUT2D eigenvalue weighted by Crippen LogP contribution is 2.21. The molecule has 0 atom stereocenters. The molecule has 5 nitrogen and oxygen atoms in total. The predicted octanol–water partition coefficient (Wildman–Crippen LogP) is 2.51. The molecule has 2 aromatic heterocycles. The molecule has 0 unspecified atom stereocenters. The van der Waals surface area contributed by atoms with E-state index in [2.05, 4.69) is 44.3 Å². The van der Waals surface area contributed by atoms with Crippen LogP contribution in [0.2, 0.25) is 0 Å². The van der Waals surface area contributed by atoms with Gasteiger partial charge < -0.3 is 5.11 Å². The van der Waals surface area contributed by atoms with Crippen molar-refractivity contribution in [2.24, 2.45) is 0 Å². The maximum Gasteiger partial charge on any atom is 0.0710 e. The minimum atomic E-state index is 0.148. The van der Waals surface area contributed by atoms with Crippen molar-refractivity contribution in [2.75, 3.05) is 19.7 Å². The predicted molar refractivity (Wildman–Crippen MR) is 94.3 cm³/mol. The number of nitrogens with one attached hydrogen (secondary N) is 1. The van der Waals surface area contributed by atoms with Crippen LogP contribution in [-0.4, -0.2) is 44.9 Å². The summed E-state index contributed by atoms with van der Waals surface area (Å²) in [6, 6.07) is 14.3. The van der Waals surface area contributed by atoms with Crippen LogP contribution in [0.1, 0.15) is 11.1 Å². The lowest BCUT2D eigenvalue weighted by molar-refractivity contribution is 0.192. The first-order valence-electron chi connectivity index (χ1n) is 8.16. The van der Waals surface area contributed by atoms with Crippen molar-refractivity contribution in [3.05, 3.63) is 72.2 Å². The summed E-state index contributed by atoms with van der Waals surface area (Å²) in [5, 5.41) is 16.6. The van der Waals surface area contributed by atoms with E-state index in [1.807, 2.05) is 30.6 Å². The number of aromatic nitrogens is 3. The van der Waals surface area contributed by atoms with Crippen LogP contribution in [-0.2, 0) is 13.0 Å². The van der Waals surface area contributed by atoms with Crippen LogP contribution < -0.4 is 0 Å². The van der Waals surface area contributed by atoms with E-state index in [1.165, 1.54) is 5.56 Å². The molecule has 0 aliphatic rings. The van der Waals surface area contributed by atoms with Crippen LogP contribution in [0.3, 0.4) is 0 Å². The summed E-state index contributed by atoms with van der Waals surface area (Å²) in [4.78, 5) is 6.42. The molecule has 0 aliphatic carbocycles. The Morgan fingerprint density at radius 3 is 2.62 bits per heavy atom. The van der Waals surface area contributed by atoms with E-state index < -0.39 is 0 Å².